The van der Waals surface area contributed by atoms with Crippen molar-refractivity contribution in [3.63, 3.8) is 0 Å². The minimum atomic E-state index is -1.09. The fourth-order valence-corrected chi connectivity index (χ4v) is 2.82. The second-order valence-corrected chi connectivity index (χ2v) is 5.48. The molecule has 0 aliphatic heterocycles. The fraction of sp³-hybridized carbons (Fsp3) is 0.357. The highest BCUT2D eigenvalue weighted by Gasteiger charge is 2.18. The monoisotopic (exact) mass is 311 g/mol. The molecule has 0 radical (unpaired) electrons. The van der Waals surface area contributed by atoms with Gasteiger partial charge in [0, 0.05) is 18.4 Å². The molecule has 0 aliphatic carbocycles. The molecule has 114 valence electrons. The molecule has 1 aromatic rings. The molecule has 1 rings (SSSR count). The lowest BCUT2D eigenvalue weighted by Gasteiger charge is -2.13. The van der Waals surface area contributed by atoms with Crippen LogP contribution >= 0.6 is 11.8 Å². The van der Waals surface area contributed by atoms with Crippen LogP contribution in [-0.2, 0) is 26.6 Å². The van der Waals surface area contributed by atoms with Crippen LogP contribution in [-0.4, -0.2) is 39.9 Å². The average Bonchev–Trinajstić information content (AvgIpc) is 2.38. The number of hydrogen-bond acceptors (Lipinski definition) is 4. The summed E-state index contributed by atoms with van der Waals surface area (Å²) in [6.45, 7) is 1.27. The summed E-state index contributed by atoms with van der Waals surface area (Å²) in [5.41, 5.74) is 1.57. The van der Waals surface area contributed by atoms with Gasteiger partial charge in [0.1, 0.15) is 6.04 Å². The van der Waals surface area contributed by atoms with Crippen LogP contribution in [0.2, 0.25) is 0 Å². The maximum absolute atomic E-state index is 11.0. The Morgan fingerprint density at radius 2 is 1.81 bits per heavy atom. The molecule has 1 aromatic carbocycles. The highest BCUT2D eigenvalue weighted by Crippen LogP contribution is 2.18. The van der Waals surface area contributed by atoms with E-state index in [0.717, 1.165) is 5.56 Å². The van der Waals surface area contributed by atoms with E-state index in [-0.39, 0.29) is 12.2 Å². The number of nitrogens with one attached hydrogen (secondary N) is 1. The third kappa shape index (κ3) is 6.31. The zero-order chi connectivity index (χ0) is 15.8. The molecule has 0 saturated carbocycles. The summed E-state index contributed by atoms with van der Waals surface area (Å²) in [7, 11) is 0. The lowest BCUT2D eigenvalue weighted by molar-refractivity contribution is -0.140. The van der Waals surface area contributed by atoms with Crippen LogP contribution in [0, 0.1) is 0 Å². The largest absolute Gasteiger partial charge is 0.481 e. The highest BCUT2D eigenvalue weighted by molar-refractivity contribution is 7.98. The van der Waals surface area contributed by atoms with E-state index in [1.54, 1.807) is 12.1 Å². The van der Waals surface area contributed by atoms with Crippen molar-refractivity contribution < 1.29 is 24.6 Å². The van der Waals surface area contributed by atoms with E-state index in [1.165, 1.54) is 18.7 Å². The summed E-state index contributed by atoms with van der Waals surface area (Å²) < 4.78 is 0. The number of amides is 1. The molecule has 1 atom stereocenters. The van der Waals surface area contributed by atoms with Gasteiger partial charge < -0.3 is 15.5 Å². The molecular formula is C14H17NO5S. The Morgan fingerprint density at radius 1 is 1.19 bits per heavy atom. The first-order chi connectivity index (χ1) is 9.90. The van der Waals surface area contributed by atoms with Gasteiger partial charge in [-0.1, -0.05) is 24.3 Å². The van der Waals surface area contributed by atoms with E-state index >= 15 is 0 Å². The molecular weight excluding hydrogens is 294 g/mol. The highest BCUT2D eigenvalue weighted by atomic mass is 32.2. The third-order valence-corrected chi connectivity index (χ3v) is 3.76. The van der Waals surface area contributed by atoms with Gasteiger partial charge in [-0.15, -0.1) is 0 Å². The van der Waals surface area contributed by atoms with Gasteiger partial charge in [0.05, 0.1) is 6.42 Å². The van der Waals surface area contributed by atoms with E-state index in [4.69, 9.17) is 10.2 Å². The predicted molar refractivity (Wildman–Crippen MR) is 79.2 cm³/mol. The first kappa shape index (κ1) is 17.0. The minimum absolute atomic E-state index is 0.0647. The van der Waals surface area contributed by atoms with Gasteiger partial charge in [-0.2, -0.15) is 11.8 Å². The minimum Gasteiger partial charge on any atom is -0.481 e. The van der Waals surface area contributed by atoms with Crippen LogP contribution in [0.5, 0.6) is 0 Å². The van der Waals surface area contributed by atoms with Crippen LogP contribution in [0.3, 0.4) is 0 Å². The number of thioether (sulfide) groups is 1. The van der Waals surface area contributed by atoms with Gasteiger partial charge in [0.2, 0.25) is 5.91 Å². The summed E-state index contributed by atoms with van der Waals surface area (Å²) in [6.07, 6.45) is -0.0647. The van der Waals surface area contributed by atoms with Gasteiger partial charge in [-0.3, -0.25) is 9.59 Å². The number of carbonyl (C=O) groups excluding carboxylic acids is 1. The smallest absolute Gasteiger partial charge is 0.327 e. The summed E-state index contributed by atoms with van der Waals surface area (Å²) in [4.78, 5) is 32.7. The Bertz CT molecular complexity index is 532. The number of benzene rings is 1. The maximum atomic E-state index is 11.0. The standard InChI is InChI=1S/C14H17NO5S/c1-9(16)15-12(14(19)20)8-21-7-11-5-3-2-4-10(11)6-13(17)18/h2-5,12H,6-8H2,1H3,(H,15,16)(H,17,18)(H,19,20). The number of carbonyl (C=O) groups is 3. The van der Waals surface area contributed by atoms with Crippen LogP contribution in [0.1, 0.15) is 18.1 Å². The van der Waals surface area contributed by atoms with Crippen LogP contribution in [0.15, 0.2) is 24.3 Å². The average molecular weight is 311 g/mol. The molecule has 0 aliphatic rings. The third-order valence-electron chi connectivity index (χ3n) is 2.68. The lowest BCUT2D eigenvalue weighted by Crippen LogP contribution is -2.41. The van der Waals surface area contributed by atoms with E-state index in [1.807, 2.05) is 12.1 Å². The second kappa shape index (κ2) is 8.31. The molecule has 0 fully saturated rings. The number of aliphatic carboxylic acids is 2. The molecule has 3 N–H and O–H groups in total. The summed E-state index contributed by atoms with van der Waals surface area (Å²) >= 11 is 1.34. The van der Waals surface area contributed by atoms with Crippen molar-refractivity contribution in [2.75, 3.05) is 5.75 Å². The number of rotatable bonds is 8. The van der Waals surface area contributed by atoms with Crippen molar-refractivity contribution in [1.82, 2.24) is 5.32 Å². The molecule has 1 amide bonds. The predicted octanol–water partition coefficient (Wildman–Crippen LogP) is 1.14. The van der Waals surface area contributed by atoms with Crippen LogP contribution in [0.4, 0.5) is 0 Å². The van der Waals surface area contributed by atoms with Gasteiger partial charge in [-0.05, 0) is 11.1 Å². The maximum Gasteiger partial charge on any atom is 0.327 e. The zero-order valence-corrected chi connectivity index (χ0v) is 12.4. The summed E-state index contributed by atoms with van der Waals surface area (Å²) in [5.74, 6) is -1.68. The van der Waals surface area contributed by atoms with Crippen molar-refractivity contribution in [3.05, 3.63) is 35.4 Å². The molecule has 21 heavy (non-hydrogen) atoms. The fourth-order valence-electron chi connectivity index (χ4n) is 1.74. The molecule has 6 nitrogen and oxygen atoms in total. The molecule has 0 bridgehead atoms. The van der Waals surface area contributed by atoms with Crippen molar-refractivity contribution in [2.45, 2.75) is 25.1 Å². The Labute approximate surface area is 126 Å². The zero-order valence-electron chi connectivity index (χ0n) is 11.5. The van der Waals surface area contributed by atoms with Crippen molar-refractivity contribution in [1.29, 1.82) is 0 Å². The van der Waals surface area contributed by atoms with Gasteiger partial charge in [0.15, 0.2) is 0 Å². The van der Waals surface area contributed by atoms with Crippen LogP contribution in [0.25, 0.3) is 0 Å². The summed E-state index contributed by atoms with van der Waals surface area (Å²) in [5, 5.41) is 20.2. The molecule has 0 saturated heterocycles. The van der Waals surface area contributed by atoms with E-state index in [9.17, 15) is 14.4 Å². The van der Waals surface area contributed by atoms with Gasteiger partial charge in [0.25, 0.3) is 0 Å². The second-order valence-electron chi connectivity index (χ2n) is 4.45. The molecule has 0 heterocycles. The Morgan fingerprint density at radius 3 is 2.33 bits per heavy atom. The quantitative estimate of drug-likeness (QED) is 0.665. The first-order valence-electron chi connectivity index (χ1n) is 6.26. The number of carboxylic acids is 2. The van der Waals surface area contributed by atoms with Crippen molar-refractivity contribution in [2.24, 2.45) is 0 Å². The van der Waals surface area contributed by atoms with Crippen molar-refractivity contribution >= 4 is 29.6 Å². The SMILES string of the molecule is CC(=O)NC(CSCc1ccccc1CC(=O)O)C(=O)O. The molecule has 1 unspecified atom stereocenters. The van der Waals surface area contributed by atoms with Crippen molar-refractivity contribution in [3.8, 4) is 0 Å². The van der Waals surface area contributed by atoms with E-state index in [0.29, 0.717) is 11.3 Å². The van der Waals surface area contributed by atoms with E-state index < -0.39 is 23.9 Å². The first-order valence-corrected chi connectivity index (χ1v) is 7.42. The Balaban J connectivity index is 2.60. The molecule has 0 spiro atoms. The molecule has 7 heteroatoms. The summed E-state index contributed by atoms with van der Waals surface area (Å²) in [6, 6.07) is 6.19. The normalized spacial score (nSPS) is 11.7. The Hall–Kier alpha value is -2.02. The topological polar surface area (TPSA) is 104 Å². The van der Waals surface area contributed by atoms with Crippen LogP contribution < -0.4 is 5.32 Å². The lowest BCUT2D eigenvalue weighted by atomic mass is 10.1. The molecule has 0 aromatic heterocycles. The van der Waals surface area contributed by atoms with Gasteiger partial charge >= 0.3 is 11.9 Å². The Kier molecular flexibility index (Phi) is 6.74. The number of hydrogen-bond donors (Lipinski definition) is 3. The number of carboxylic acid groups (broad SMARTS) is 2. The van der Waals surface area contributed by atoms with E-state index in [2.05, 4.69) is 5.32 Å². The van der Waals surface area contributed by atoms with Gasteiger partial charge in [-0.25, -0.2) is 4.79 Å².